The minimum absolute atomic E-state index is 0.198. The highest BCUT2D eigenvalue weighted by Crippen LogP contribution is 2.10. The van der Waals surface area contributed by atoms with Gasteiger partial charge in [-0.1, -0.05) is 162 Å². The Labute approximate surface area is 315 Å². The van der Waals surface area contributed by atoms with Crippen LogP contribution >= 0.6 is 0 Å². The van der Waals surface area contributed by atoms with E-state index in [4.69, 9.17) is 9.47 Å². The van der Waals surface area contributed by atoms with Crippen molar-refractivity contribution in [1.29, 1.82) is 0 Å². The van der Waals surface area contributed by atoms with E-state index in [1.165, 1.54) is 44.9 Å². The summed E-state index contributed by atoms with van der Waals surface area (Å²) in [4.78, 5) is 12.2. The van der Waals surface area contributed by atoms with Gasteiger partial charge in [0.05, 0.1) is 13.2 Å². The maximum Gasteiger partial charge on any atom is 0.306 e. The molecule has 0 rings (SSSR count). The Kier molecular flexibility index (Phi) is 40.7. The zero-order valence-electron chi connectivity index (χ0n) is 32.8. The lowest BCUT2D eigenvalue weighted by molar-refractivity contribution is -0.154. The van der Waals surface area contributed by atoms with E-state index in [9.17, 15) is 9.90 Å². The first-order valence-corrected chi connectivity index (χ1v) is 20.5. The number of hydrogen-bond acceptors (Lipinski definition) is 4. The van der Waals surface area contributed by atoms with Gasteiger partial charge in [-0.25, -0.2) is 0 Å². The molecule has 1 atom stereocenters. The summed E-state index contributed by atoms with van der Waals surface area (Å²) in [6.07, 6.45) is 62.8. The Morgan fingerprint density at radius 3 is 1.33 bits per heavy atom. The average molecular weight is 705 g/mol. The van der Waals surface area contributed by atoms with Crippen molar-refractivity contribution in [2.45, 2.75) is 161 Å². The Morgan fingerprint density at radius 2 is 0.882 bits per heavy atom. The van der Waals surface area contributed by atoms with Gasteiger partial charge in [-0.15, -0.1) is 0 Å². The molecule has 0 heterocycles. The van der Waals surface area contributed by atoms with E-state index in [1.807, 2.05) is 0 Å². The van der Waals surface area contributed by atoms with Gasteiger partial charge in [0.25, 0.3) is 0 Å². The molecule has 1 N–H and O–H groups in total. The van der Waals surface area contributed by atoms with Crippen LogP contribution in [0.3, 0.4) is 0 Å². The van der Waals surface area contributed by atoms with Crippen molar-refractivity contribution >= 4 is 5.97 Å². The monoisotopic (exact) mass is 705 g/mol. The van der Waals surface area contributed by atoms with Gasteiger partial charge < -0.3 is 14.6 Å². The molecule has 0 saturated carbocycles. The van der Waals surface area contributed by atoms with Crippen LogP contribution in [0.25, 0.3) is 0 Å². The van der Waals surface area contributed by atoms with Crippen molar-refractivity contribution in [1.82, 2.24) is 0 Å². The van der Waals surface area contributed by atoms with Gasteiger partial charge in [-0.05, 0) is 96.3 Å². The number of carbonyl (C=O) groups excluding carboxylic acids is 1. The molecule has 0 aromatic carbocycles. The van der Waals surface area contributed by atoms with Crippen molar-refractivity contribution in [3.63, 3.8) is 0 Å². The summed E-state index contributed by atoms with van der Waals surface area (Å²) in [5.41, 5.74) is 0. The summed E-state index contributed by atoms with van der Waals surface area (Å²) < 4.78 is 11.1. The third kappa shape index (κ3) is 41.4. The molecule has 0 amide bonds. The van der Waals surface area contributed by atoms with E-state index < -0.39 is 6.10 Å². The lowest BCUT2D eigenvalue weighted by atomic mass is 10.1. The molecule has 0 aliphatic heterocycles. The zero-order valence-corrected chi connectivity index (χ0v) is 32.8. The van der Waals surface area contributed by atoms with Crippen molar-refractivity contribution in [2.24, 2.45) is 0 Å². The Morgan fingerprint density at radius 1 is 0.490 bits per heavy atom. The summed E-state index contributed by atoms with van der Waals surface area (Å²) >= 11 is 0. The fourth-order valence-electron chi connectivity index (χ4n) is 5.05. The minimum atomic E-state index is -0.565. The molecule has 4 nitrogen and oxygen atoms in total. The van der Waals surface area contributed by atoms with Crippen molar-refractivity contribution < 1.29 is 19.4 Å². The van der Waals surface area contributed by atoms with Crippen molar-refractivity contribution in [3.8, 4) is 0 Å². The second kappa shape index (κ2) is 43.2. The molecular formula is C47H76O4. The molecule has 1 unspecified atom stereocenters. The van der Waals surface area contributed by atoms with Crippen LogP contribution in [-0.2, 0) is 14.3 Å². The van der Waals surface area contributed by atoms with Gasteiger partial charge in [0.1, 0.15) is 6.10 Å². The average Bonchev–Trinajstić information content (AvgIpc) is 3.14. The summed E-state index contributed by atoms with van der Waals surface area (Å²) in [6, 6.07) is 0. The molecule has 0 spiro atoms. The van der Waals surface area contributed by atoms with Gasteiger partial charge in [0, 0.05) is 13.0 Å². The minimum Gasteiger partial charge on any atom is -0.457 e. The molecular weight excluding hydrogens is 629 g/mol. The van der Waals surface area contributed by atoms with Gasteiger partial charge in [-0.3, -0.25) is 4.79 Å². The van der Waals surface area contributed by atoms with Crippen LogP contribution < -0.4 is 0 Å². The van der Waals surface area contributed by atoms with Gasteiger partial charge in [-0.2, -0.15) is 0 Å². The molecule has 4 heteroatoms. The van der Waals surface area contributed by atoms with E-state index in [1.54, 1.807) is 0 Å². The molecule has 0 aliphatic carbocycles. The second-order valence-electron chi connectivity index (χ2n) is 13.0. The first-order valence-electron chi connectivity index (χ1n) is 20.5. The van der Waals surface area contributed by atoms with Crippen molar-refractivity contribution in [3.05, 3.63) is 109 Å². The molecule has 0 aliphatic rings. The first-order chi connectivity index (χ1) is 25.2. The van der Waals surface area contributed by atoms with Gasteiger partial charge >= 0.3 is 5.97 Å². The predicted molar refractivity (Wildman–Crippen MR) is 223 cm³/mol. The van der Waals surface area contributed by atoms with Crippen LogP contribution in [0.15, 0.2) is 109 Å². The Bertz CT molecular complexity index is 1010. The molecule has 0 radical (unpaired) electrons. The Hall–Kier alpha value is -2.95. The van der Waals surface area contributed by atoms with E-state index in [0.717, 1.165) is 89.9 Å². The number of hydrogen-bond donors (Lipinski definition) is 1. The molecule has 0 aromatic heterocycles. The maximum absolute atomic E-state index is 12.2. The normalized spacial score (nSPS) is 13.5. The fourth-order valence-corrected chi connectivity index (χ4v) is 5.05. The quantitative estimate of drug-likeness (QED) is 0.0401. The van der Waals surface area contributed by atoms with E-state index in [0.29, 0.717) is 13.0 Å². The van der Waals surface area contributed by atoms with E-state index in [-0.39, 0.29) is 19.2 Å². The second-order valence-corrected chi connectivity index (χ2v) is 13.0. The van der Waals surface area contributed by atoms with Crippen LogP contribution in [0.2, 0.25) is 0 Å². The summed E-state index contributed by atoms with van der Waals surface area (Å²) in [5.74, 6) is -0.242. The summed E-state index contributed by atoms with van der Waals surface area (Å²) in [7, 11) is 0. The van der Waals surface area contributed by atoms with Crippen molar-refractivity contribution in [2.75, 3.05) is 19.8 Å². The van der Waals surface area contributed by atoms with Gasteiger partial charge in [0.2, 0.25) is 0 Å². The number of carbonyl (C=O) groups is 1. The molecule has 0 fully saturated rings. The highest BCUT2D eigenvalue weighted by molar-refractivity contribution is 5.69. The number of aliphatic hydroxyl groups excluding tert-OH is 1. The number of ether oxygens (including phenoxy) is 2. The number of unbranched alkanes of at least 4 members (excludes halogenated alkanes) is 10. The fraction of sp³-hybridized carbons (Fsp3) is 0.596. The van der Waals surface area contributed by atoms with Crippen LogP contribution in [0.5, 0.6) is 0 Å². The third-order valence-electron chi connectivity index (χ3n) is 8.06. The molecule has 0 saturated heterocycles. The smallest absolute Gasteiger partial charge is 0.306 e. The zero-order chi connectivity index (χ0) is 37.0. The maximum atomic E-state index is 12.2. The largest absolute Gasteiger partial charge is 0.457 e. The lowest BCUT2D eigenvalue weighted by Crippen LogP contribution is -2.27. The molecule has 0 aromatic rings. The van der Waals surface area contributed by atoms with Gasteiger partial charge in [0.15, 0.2) is 0 Å². The summed E-state index contributed by atoms with van der Waals surface area (Å²) in [6.45, 7) is 5.09. The topological polar surface area (TPSA) is 55.8 Å². The van der Waals surface area contributed by atoms with E-state index >= 15 is 0 Å². The number of rotatable bonds is 36. The van der Waals surface area contributed by atoms with Crippen LogP contribution in [0.4, 0.5) is 0 Å². The third-order valence-corrected chi connectivity index (χ3v) is 8.06. The SMILES string of the molecule is CC/C=C\C/C=C\C/C=C\C/C=C\C/C=C\C/C=C\C/C=C\CCCCCC(=O)OC(CO)COCCCCCCCC/C=C\C/C=C\CCC. The highest BCUT2D eigenvalue weighted by Gasteiger charge is 2.13. The highest BCUT2D eigenvalue weighted by atomic mass is 16.6. The number of aliphatic hydroxyl groups is 1. The lowest BCUT2D eigenvalue weighted by Gasteiger charge is -2.15. The Balaban J connectivity index is 3.62. The first kappa shape index (κ1) is 48.0. The molecule has 288 valence electrons. The molecule has 0 bridgehead atoms. The van der Waals surface area contributed by atoms with Crippen LogP contribution in [0, 0.1) is 0 Å². The number of esters is 1. The van der Waals surface area contributed by atoms with E-state index in [2.05, 4.69) is 123 Å². The van der Waals surface area contributed by atoms with Crippen LogP contribution in [0.1, 0.15) is 155 Å². The van der Waals surface area contributed by atoms with Crippen LogP contribution in [-0.4, -0.2) is 37.0 Å². The standard InChI is InChI=1S/C47H76O4/c1-3-5-7-9-11-13-15-17-19-20-21-22-23-24-25-26-27-28-29-30-32-34-36-38-40-42-47(49)51-46(44-48)45-50-43-41-39-37-35-33-31-18-16-14-12-10-8-6-4-2/h5,7-8,10-11,13-14,16-17,19,21-22,24-25,27-28,30,32,46,48H,3-4,6,9,12,15,18,20,23,26,29,31,33-45H2,1-2H3/b7-5-,10-8-,13-11-,16-14-,19-17-,22-21-,25-24-,28-27-,32-30-. The molecule has 51 heavy (non-hydrogen) atoms. The number of allylic oxidation sites excluding steroid dienone is 18. The predicted octanol–water partition coefficient (Wildman–Crippen LogP) is 13.5. The summed E-state index contributed by atoms with van der Waals surface area (Å²) in [5, 5.41) is 9.58.